The molecular weight excluding hydrogens is 821 g/mol. The Labute approximate surface area is 308 Å². The Balaban J connectivity index is 0.000000318. The van der Waals surface area contributed by atoms with Crippen LogP contribution in [0.3, 0.4) is 0 Å². The van der Waals surface area contributed by atoms with Gasteiger partial charge >= 0.3 is 36.4 Å². The molecule has 2 aromatic heterocycles. The quantitative estimate of drug-likeness (QED) is 0.116. The number of fused-ring (bicyclic) bond motifs is 2. The van der Waals surface area contributed by atoms with E-state index in [4.69, 9.17) is 41.3 Å². The van der Waals surface area contributed by atoms with Gasteiger partial charge in [-0.1, -0.05) is 29.0 Å². The molecule has 13 nitrogen and oxygen atoms in total. The number of aromatic nitrogens is 3. The zero-order valence-corrected chi connectivity index (χ0v) is 28.7. The van der Waals surface area contributed by atoms with Gasteiger partial charge in [-0.25, -0.2) is 28.1 Å². The zero-order chi connectivity index (χ0) is 41.8. The molecule has 1 aliphatic heterocycles. The molecule has 2 atom stereocenters. The second-order valence-electron chi connectivity index (χ2n) is 11.4. The van der Waals surface area contributed by atoms with Crippen molar-refractivity contribution in [3.05, 3.63) is 35.2 Å². The molecule has 6 rings (SSSR count). The number of hydrogen-bond acceptors (Lipinski definition) is 9. The van der Waals surface area contributed by atoms with Gasteiger partial charge in [-0.3, -0.25) is 9.89 Å². The lowest BCUT2D eigenvalue weighted by atomic mass is 9.99. The van der Waals surface area contributed by atoms with Crippen LogP contribution in [0, 0.1) is 17.7 Å². The monoisotopic (exact) mass is 844 g/mol. The molecule has 6 N–H and O–H groups in total. The summed E-state index contributed by atoms with van der Waals surface area (Å²) in [4.78, 5) is 45.1. The van der Waals surface area contributed by atoms with Crippen molar-refractivity contribution in [3.8, 4) is 11.1 Å². The molecule has 1 saturated carbocycles. The molecule has 1 amide bonds. The van der Waals surface area contributed by atoms with Gasteiger partial charge in [0.1, 0.15) is 11.9 Å². The van der Waals surface area contributed by atoms with Crippen molar-refractivity contribution in [3.63, 3.8) is 0 Å². The average Bonchev–Trinajstić information content (AvgIpc) is 3.38. The Hall–Kier alpha value is -5.04. The minimum Gasteiger partial charge on any atom is -0.475 e. The number of nitrogens with zero attached hydrogens (tertiary/aromatic N) is 3. The molecule has 2 fully saturated rings. The summed E-state index contributed by atoms with van der Waals surface area (Å²) in [5.41, 5.74) is 2.94. The van der Waals surface area contributed by atoms with Gasteiger partial charge in [0.25, 0.3) is 0 Å². The number of aliphatic carboxylic acids is 3. The summed E-state index contributed by atoms with van der Waals surface area (Å²) in [6.45, 7) is 2.53. The maximum atomic E-state index is 15.6. The minimum absolute atomic E-state index is 0.0302. The fraction of sp³-hybridized carbons (Fsp3) is 0.379. The third-order valence-electron chi connectivity index (χ3n) is 7.23. The molecule has 0 unspecified atom stereocenters. The van der Waals surface area contributed by atoms with E-state index in [0.717, 1.165) is 23.2 Å². The first-order valence-electron chi connectivity index (χ1n) is 14.8. The van der Waals surface area contributed by atoms with E-state index >= 15 is 4.39 Å². The zero-order valence-electron chi connectivity index (χ0n) is 27.1. The van der Waals surface area contributed by atoms with Gasteiger partial charge in [0.05, 0.1) is 32.9 Å². The third kappa shape index (κ3) is 11.7. The standard InChI is InChI=1S/C23H21ClF2N6OS.3C2HF3O2/c1-32(9-10-6-27-7-10)21-19(26)18(24)17(13-8-28-31-20(13)21)11-2-3-15-16(4-11)34-23(29-15)30-22(33)12-5-14(12)25;3*3-2(4,5)1(6)7/h2-4,8,10,12,14,27H,5-7,9H2,1H3,(H,28,31)(H,29,30,33);3*(H,6,7)/t12-,14+;;;/m1.../s1. The first-order chi connectivity index (χ1) is 25.2. The molecule has 302 valence electrons. The van der Waals surface area contributed by atoms with Crippen LogP contribution in [0.4, 0.5) is 59.1 Å². The summed E-state index contributed by atoms with van der Waals surface area (Å²) < 4.78 is 125. The van der Waals surface area contributed by atoms with Gasteiger partial charge in [-0.15, -0.1) is 0 Å². The molecular formula is C29H24ClF11N6O7S. The van der Waals surface area contributed by atoms with Crippen LogP contribution in [-0.4, -0.2) is 106 Å². The number of halogens is 12. The summed E-state index contributed by atoms with van der Waals surface area (Å²) >= 11 is 7.90. The number of alkyl halides is 10. The Kier molecular flexibility index (Phi) is 13.9. The number of thiazole rings is 1. The second-order valence-corrected chi connectivity index (χ2v) is 12.8. The van der Waals surface area contributed by atoms with E-state index in [1.807, 2.05) is 24.1 Å². The van der Waals surface area contributed by atoms with Crippen molar-refractivity contribution >= 4 is 78.7 Å². The second kappa shape index (κ2) is 17.2. The van der Waals surface area contributed by atoms with Crippen LogP contribution in [-0.2, 0) is 19.2 Å². The smallest absolute Gasteiger partial charge is 0.475 e. The van der Waals surface area contributed by atoms with Gasteiger partial charge in [0.15, 0.2) is 10.9 Å². The first kappa shape index (κ1) is 44.4. The average molecular weight is 845 g/mol. The van der Waals surface area contributed by atoms with Crippen LogP contribution >= 0.6 is 22.9 Å². The summed E-state index contributed by atoms with van der Waals surface area (Å²) in [5, 5.41) is 35.6. The van der Waals surface area contributed by atoms with E-state index in [9.17, 15) is 48.7 Å². The maximum absolute atomic E-state index is 15.6. The lowest BCUT2D eigenvalue weighted by Gasteiger charge is -2.32. The topological polar surface area (TPSA) is 198 Å². The van der Waals surface area contributed by atoms with E-state index in [1.54, 1.807) is 12.3 Å². The molecule has 1 aliphatic carbocycles. The molecule has 3 heterocycles. The van der Waals surface area contributed by atoms with Gasteiger partial charge in [0, 0.05) is 43.5 Å². The van der Waals surface area contributed by atoms with E-state index in [1.165, 1.54) is 11.3 Å². The predicted octanol–water partition coefficient (Wildman–Crippen LogP) is 6.48. The molecule has 0 spiro atoms. The molecule has 1 saturated heterocycles. The molecule has 4 aromatic rings. The largest absolute Gasteiger partial charge is 0.490 e. The minimum atomic E-state index is -5.08. The highest BCUT2D eigenvalue weighted by atomic mass is 35.5. The normalized spacial score (nSPS) is 16.7. The van der Waals surface area contributed by atoms with Crippen LogP contribution in [0.25, 0.3) is 32.2 Å². The van der Waals surface area contributed by atoms with Gasteiger partial charge in [-0.2, -0.15) is 44.6 Å². The lowest BCUT2D eigenvalue weighted by Crippen LogP contribution is -2.47. The molecule has 0 bridgehead atoms. The SMILES string of the molecule is CN(CC1CNC1)c1c(F)c(Cl)c(-c2ccc3nc(NC(=O)[C@@H]4C[C@@H]4F)sc3c2)c2cn[nH]c12.O=C(O)C(F)(F)F.O=C(O)C(F)(F)F.O=C(O)C(F)(F)F. The number of amides is 1. The van der Waals surface area contributed by atoms with Crippen LogP contribution < -0.4 is 15.5 Å². The number of H-pyrrole nitrogens is 1. The highest BCUT2D eigenvalue weighted by Gasteiger charge is 2.44. The number of carbonyl (C=O) groups excluding carboxylic acids is 1. The highest BCUT2D eigenvalue weighted by Crippen LogP contribution is 2.44. The van der Waals surface area contributed by atoms with Crippen molar-refractivity contribution < 1.29 is 82.8 Å². The molecule has 26 heteroatoms. The Morgan fingerprint density at radius 1 is 0.964 bits per heavy atom. The number of benzene rings is 2. The van der Waals surface area contributed by atoms with E-state index in [0.29, 0.717) is 45.4 Å². The number of carboxylic acid groups (broad SMARTS) is 3. The Morgan fingerprint density at radius 2 is 1.47 bits per heavy atom. The number of rotatable bonds is 6. The molecule has 0 radical (unpaired) electrons. The Morgan fingerprint density at radius 3 is 1.91 bits per heavy atom. The van der Waals surface area contributed by atoms with Gasteiger partial charge in [-0.05, 0) is 24.1 Å². The van der Waals surface area contributed by atoms with E-state index in [2.05, 4.69) is 25.8 Å². The number of anilines is 2. The van der Waals surface area contributed by atoms with Crippen molar-refractivity contribution in [2.45, 2.75) is 31.1 Å². The lowest BCUT2D eigenvalue weighted by molar-refractivity contribution is -0.193. The number of nitrogens with one attached hydrogen (secondary N) is 3. The number of carbonyl (C=O) groups is 4. The molecule has 2 aromatic carbocycles. The van der Waals surface area contributed by atoms with Crippen LogP contribution in [0.2, 0.25) is 5.02 Å². The first-order valence-corrected chi connectivity index (χ1v) is 16.0. The summed E-state index contributed by atoms with van der Waals surface area (Å²) in [5.74, 6) is -9.25. The molecule has 55 heavy (non-hydrogen) atoms. The predicted molar refractivity (Wildman–Crippen MR) is 172 cm³/mol. The summed E-state index contributed by atoms with van der Waals surface area (Å²) in [7, 11) is 1.86. The highest BCUT2D eigenvalue weighted by molar-refractivity contribution is 7.22. The Bertz CT molecular complexity index is 1990. The van der Waals surface area contributed by atoms with Crippen LogP contribution in [0.15, 0.2) is 24.4 Å². The van der Waals surface area contributed by atoms with Crippen molar-refractivity contribution in [2.75, 3.05) is 36.9 Å². The van der Waals surface area contributed by atoms with Gasteiger partial charge in [0.2, 0.25) is 5.91 Å². The third-order valence-corrected chi connectivity index (χ3v) is 8.52. The number of hydrogen-bond donors (Lipinski definition) is 6. The van der Waals surface area contributed by atoms with E-state index in [-0.39, 0.29) is 17.4 Å². The van der Waals surface area contributed by atoms with E-state index < -0.39 is 54.3 Å². The fourth-order valence-corrected chi connectivity index (χ4v) is 5.67. The van der Waals surface area contributed by atoms with Crippen molar-refractivity contribution in [2.24, 2.45) is 11.8 Å². The van der Waals surface area contributed by atoms with Crippen LogP contribution in [0.5, 0.6) is 0 Å². The molecule has 2 aliphatic rings. The fourth-order valence-electron chi connectivity index (χ4n) is 4.46. The van der Waals surface area contributed by atoms with Crippen LogP contribution in [0.1, 0.15) is 6.42 Å². The van der Waals surface area contributed by atoms with Crippen molar-refractivity contribution in [1.82, 2.24) is 20.5 Å². The maximum Gasteiger partial charge on any atom is 0.490 e. The summed E-state index contributed by atoms with van der Waals surface area (Å²) in [6, 6.07) is 5.49. The van der Waals surface area contributed by atoms with Crippen molar-refractivity contribution in [1.29, 1.82) is 0 Å². The number of carboxylic acids is 3. The summed E-state index contributed by atoms with van der Waals surface area (Å²) in [6.07, 6.45) is -14.4. The number of aromatic amines is 1. The van der Waals surface area contributed by atoms with Gasteiger partial charge < -0.3 is 30.9 Å².